The molecule has 7 atom stereocenters. The SMILES string of the molecule is COc1cccc2c1C(=O)c1c(O)c3c(c(O)c1C2=O)CC(O)(C(C)=O)CC3OC1CC(NC(=O)C(N)CCCCN)C(O)C(C)O1.[Cl-].[Na+]. The molecule has 2 aromatic carbocycles. The Bertz CT molecular complexity index is 1620. The maximum Gasteiger partial charge on any atom is 1.00 e. The average Bonchev–Trinajstić information content (AvgIpc) is 3.03. The van der Waals surface area contributed by atoms with Gasteiger partial charge in [0.05, 0.1) is 48.1 Å². The van der Waals surface area contributed by atoms with Crippen molar-refractivity contribution < 1.29 is 95.8 Å². The third-order valence-corrected chi connectivity index (χ3v) is 9.39. The fraction of sp³-hybridized carbons (Fsp3) is 0.515. The first-order chi connectivity index (χ1) is 22.2. The second-order valence-corrected chi connectivity index (χ2v) is 12.5. The molecule has 1 saturated heterocycles. The van der Waals surface area contributed by atoms with Gasteiger partial charge in [0.1, 0.15) is 29.0 Å². The molecule has 1 amide bonds. The van der Waals surface area contributed by atoms with E-state index in [0.29, 0.717) is 25.8 Å². The van der Waals surface area contributed by atoms with Crippen molar-refractivity contribution in [1.82, 2.24) is 5.32 Å². The Morgan fingerprint density at radius 1 is 1.12 bits per heavy atom. The first-order valence-electron chi connectivity index (χ1n) is 15.6. The van der Waals surface area contributed by atoms with Crippen molar-refractivity contribution in [3.05, 3.63) is 51.6 Å². The number of phenols is 2. The Kier molecular flexibility index (Phi) is 13.4. The van der Waals surface area contributed by atoms with Crippen molar-refractivity contribution in [3.8, 4) is 17.2 Å². The van der Waals surface area contributed by atoms with Gasteiger partial charge in [0, 0.05) is 36.0 Å². The zero-order valence-corrected chi connectivity index (χ0v) is 30.6. The minimum absolute atomic E-state index is 0. The van der Waals surface area contributed by atoms with Gasteiger partial charge in [0.25, 0.3) is 0 Å². The van der Waals surface area contributed by atoms with Crippen LogP contribution < -0.4 is 63.5 Å². The number of unbranched alkanes of at least 4 members (excludes halogenated alkanes) is 1. The van der Waals surface area contributed by atoms with Crippen LogP contribution in [0.25, 0.3) is 0 Å². The van der Waals surface area contributed by atoms with Crippen molar-refractivity contribution in [3.63, 3.8) is 0 Å². The smallest absolute Gasteiger partial charge is 1.00 e. The van der Waals surface area contributed by atoms with Crippen LogP contribution in [0.15, 0.2) is 18.2 Å². The maximum atomic E-state index is 13.8. The van der Waals surface area contributed by atoms with Gasteiger partial charge >= 0.3 is 29.6 Å². The van der Waals surface area contributed by atoms with E-state index in [1.54, 1.807) is 6.92 Å². The number of rotatable bonds is 10. The molecule has 1 aliphatic heterocycles. The second-order valence-electron chi connectivity index (χ2n) is 12.5. The molecule has 1 heterocycles. The quantitative estimate of drug-likeness (QED) is 0.0591. The average molecular weight is 714 g/mol. The Morgan fingerprint density at radius 3 is 2.43 bits per heavy atom. The number of hydrogen-bond donors (Lipinski definition) is 7. The first kappa shape index (κ1) is 40.8. The van der Waals surface area contributed by atoms with E-state index in [1.807, 2.05) is 0 Å². The molecule has 49 heavy (non-hydrogen) atoms. The van der Waals surface area contributed by atoms with Crippen LogP contribution >= 0.6 is 0 Å². The summed E-state index contributed by atoms with van der Waals surface area (Å²) in [6.07, 6.45) is -3.70. The number of halogens is 1. The number of ketones is 3. The van der Waals surface area contributed by atoms with Crippen molar-refractivity contribution in [2.75, 3.05) is 13.7 Å². The van der Waals surface area contributed by atoms with Gasteiger partial charge in [-0.25, -0.2) is 0 Å². The van der Waals surface area contributed by atoms with Gasteiger partial charge in [-0.1, -0.05) is 18.6 Å². The van der Waals surface area contributed by atoms with Gasteiger partial charge in [-0.15, -0.1) is 0 Å². The molecular weight excluding hydrogens is 673 g/mol. The van der Waals surface area contributed by atoms with Crippen molar-refractivity contribution in [2.24, 2.45) is 11.5 Å². The number of hydrogen-bond acceptors (Lipinski definition) is 13. The predicted octanol–water partition coefficient (Wildman–Crippen LogP) is -5.35. The molecule has 7 unspecified atom stereocenters. The van der Waals surface area contributed by atoms with Crippen LogP contribution in [0.5, 0.6) is 17.2 Å². The van der Waals surface area contributed by atoms with E-state index in [-0.39, 0.29) is 76.4 Å². The molecule has 2 aromatic rings. The molecule has 0 bridgehead atoms. The number of carbonyl (C=O) groups excluding carboxylic acids is 4. The van der Waals surface area contributed by atoms with E-state index < -0.39 is 101 Å². The molecule has 0 saturated carbocycles. The van der Waals surface area contributed by atoms with Crippen LogP contribution in [-0.2, 0) is 25.5 Å². The summed E-state index contributed by atoms with van der Waals surface area (Å²) in [5.74, 6) is -3.90. The van der Waals surface area contributed by atoms with Crippen LogP contribution in [-0.4, -0.2) is 93.5 Å². The normalized spacial score (nSPS) is 26.2. The van der Waals surface area contributed by atoms with Gasteiger partial charge in [-0.05, 0) is 39.3 Å². The number of Topliss-reactive ketones (excluding diaryl/α,β-unsaturated/α-hetero) is 1. The van der Waals surface area contributed by atoms with E-state index in [1.165, 1.54) is 25.3 Å². The zero-order valence-electron chi connectivity index (χ0n) is 27.8. The van der Waals surface area contributed by atoms with Crippen molar-refractivity contribution in [1.29, 1.82) is 0 Å². The molecule has 0 radical (unpaired) electrons. The molecule has 2 aliphatic carbocycles. The van der Waals surface area contributed by atoms with Gasteiger partial charge in [0.2, 0.25) is 11.7 Å². The van der Waals surface area contributed by atoms with Crippen molar-refractivity contribution >= 4 is 23.3 Å². The summed E-state index contributed by atoms with van der Waals surface area (Å²) >= 11 is 0. The van der Waals surface area contributed by atoms with E-state index in [4.69, 9.17) is 25.7 Å². The number of nitrogens with two attached hydrogens (primary N) is 2. The Labute approximate surface area is 311 Å². The summed E-state index contributed by atoms with van der Waals surface area (Å²) in [4.78, 5) is 53.0. The number of aromatic hydroxyl groups is 2. The Balaban J connectivity index is 0.00000325. The third-order valence-electron chi connectivity index (χ3n) is 9.39. The molecule has 1 fully saturated rings. The number of aliphatic hydroxyl groups is 2. The summed E-state index contributed by atoms with van der Waals surface area (Å²) in [5, 5.41) is 48.2. The number of phenolic OH excluding ortho intramolecular Hbond substituents is 2. The summed E-state index contributed by atoms with van der Waals surface area (Å²) in [6, 6.07) is 2.70. The fourth-order valence-electron chi connectivity index (χ4n) is 6.70. The van der Waals surface area contributed by atoms with E-state index in [9.17, 15) is 39.6 Å². The number of nitrogens with one attached hydrogen (secondary N) is 1. The summed E-state index contributed by atoms with van der Waals surface area (Å²) in [5.41, 5.74) is 8.18. The molecule has 3 aliphatic rings. The van der Waals surface area contributed by atoms with E-state index in [2.05, 4.69) is 5.32 Å². The summed E-state index contributed by atoms with van der Waals surface area (Å²) in [6.45, 7) is 3.19. The summed E-state index contributed by atoms with van der Waals surface area (Å²) in [7, 11) is 1.33. The number of benzene rings is 2. The first-order valence-corrected chi connectivity index (χ1v) is 15.6. The van der Waals surface area contributed by atoms with Gasteiger partial charge < -0.3 is 63.8 Å². The van der Waals surface area contributed by atoms with Gasteiger partial charge in [-0.2, -0.15) is 0 Å². The standard InChI is InChI=1S/C33H41N3O11.ClH.Na/c1-14-27(38)19(36-32(43)18(35)8-4-5-10-34)11-22(46-14)47-21-13-33(44,15(2)37)12-17-24(21)31(42)26-25(29(17)40)28(39)16-7-6-9-20(45-3)23(16)30(26)41;;/h6-7,9,14,18-19,21-22,27,38,40,42,44H,4-5,8,10-13,34-35H2,1-3H3,(H,36,43);1H;/q;;+1/p-1. The molecule has 262 valence electrons. The number of ether oxygens (including phenoxy) is 3. The van der Waals surface area contributed by atoms with Crippen LogP contribution in [0.4, 0.5) is 0 Å². The largest absolute Gasteiger partial charge is 1.00 e. The fourth-order valence-corrected chi connectivity index (χ4v) is 6.70. The summed E-state index contributed by atoms with van der Waals surface area (Å²) < 4.78 is 17.4. The minimum atomic E-state index is -2.08. The monoisotopic (exact) mass is 713 g/mol. The van der Waals surface area contributed by atoms with Crippen LogP contribution in [0, 0.1) is 0 Å². The maximum absolute atomic E-state index is 13.8. The minimum Gasteiger partial charge on any atom is -1.00 e. The van der Waals surface area contributed by atoms with Crippen LogP contribution in [0.3, 0.4) is 0 Å². The van der Waals surface area contributed by atoms with E-state index in [0.717, 1.165) is 6.92 Å². The van der Waals surface area contributed by atoms with E-state index >= 15 is 0 Å². The molecule has 9 N–H and O–H groups in total. The predicted molar refractivity (Wildman–Crippen MR) is 165 cm³/mol. The molecule has 16 heteroatoms. The zero-order chi connectivity index (χ0) is 34.4. The molecule has 5 rings (SSSR count). The molecule has 0 spiro atoms. The van der Waals surface area contributed by atoms with Crippen LogP contribution in [0.1, 0.15) is 95.0 Å². The van der Waals surface area contributed by atoms with Crippen molar-refractivity contribution in [2.45, 2.75) is 94.7 Å². The van der Waals surface area contributed by atoms with Gasteiger partial charge in [-0.3, -0.25) is 19.2 Å². The van der Waals surface area contributed by atoms with Gasteiger partial charge in [0.15, 0.2) is 17.9 Å². The Morgan fingerprint density at radius 2 is 1.80 bits per heavy atom. The number of aliphatic hydroxyl groups excluding tert-OH is 1. The van der Waals surface area contributed by atoms with Crippen LogP contribution in [0.2, 0.25) is 0 Å². The third kappa shape index (κ3) is 7.54. The number of amides is 1. The topological polar surface area (TPSA) is 241 Å². The Hall–Kier alpha value is -2.63. The number of fused-ring (bicyclic) bond motifs is 3. The molecule has 0 aromatic heterocycles. The second kappa shape index (κ2) is 16.1. The molecule has 14 nitrogen and oxygen atoms in total. The molecular formula is C33H41ClN3NaO11. The number of methoxy groups -OCH3 is 1. The number of carbonyl (C=O) groups is 4.